The Morgan fingerprint density at radius 1 is 1.36 bits per heavy atom. The van der Waals surface area contributed by atoms with E-state index in [0.717, 1.165) is 30.4 Å². The Kier molecular flexibility index (Phi) is 6.59. The second-order valence-corrected chi connectivity index (χ2v) is 6.43. The molecule has 0 bridgehead atoms. The van der Waals surface area contributed by atoms with E-state index in [-0.39, 0.29) is 30.1 Å². The highest BCUT2D eigenvalue weighted by molar-refractivity contribution is 5.86. The lowest BCUT2D eigenvalue weighted by Gasteiger charge is -2.35. The Balaban J connectivity index is 0.00000225. The fraction of sp³-hybridized carbons (Fsp3) is 0.588. The van der Waals surface area contributed by atoms with Crippen LogP contribution in [0.5, 0.6) is 5.75 Å². The van der Waals surface area contributed by atoms with Crippen molar-refractivity contribution in [1.29, 1.82) is 0 Å². The van der Waals surface area contributed by atoms with Crippen LogP contribution < -0.4 is 15.8 Å². The highest BCUT2D eigenvalue weighted by atomic mass is 35.5. The number of nitrogens with two attached hydrogens (primary N) is 1. The lowest BCUT2D eigenvalue weighted by Crippen LogP contribution is -2.57. The number of hydrogen-bond donors (Lipinski definition) is 2. The largest absolute Gasteiger partial charge is 0.435 e. The van der Waals surface area contributed by atoms with E-state index in [0.29, 0.717) is 26.1 Å². The molecule has 0 radical (unpaired) electrons. The van der Waals surface area contributed by atoms with Crippen LogP contribution in [0, 0.1) is 0 Å². The molecule has 1 aromatic carbocycles. The first-order valence-electron chi connectivity index (χ1n) is 8.23. The van der Waals surface area contributed by atoms with Gasteiger partial charge in [0.05, 0.1) is 11.6 Å². The molecule has 1 aliphatic carbocycles. The molecule has 1 fully saturated rings. The summed E-state index contributed by atoms with van der Waals surface area (Å²) in [6, 6.07) is 4.75. The van der Waals surface area contributed by atoms with Crippen molar-refractivity contribution in [2.75, 3.05) is 13.2 Å². The van der Waals surface area contributed by atoms with Gasteiger partial charge in [0.2, 0.25) is 5.91 Å². The number of nitrogens with one attached hydrogen (secondary N) is 1. The van der Waals surface area contributed by atoms with Gasteiger partial charge in [0.15, 0.2) is 0 Å². The van der Waals surface area contributed by atoms with Gasteiger partial charge in [0.1, 0.15) is 5.75 Å². The van der Waals surface area contributed by atoms with E-state index in [1.807, 2.05) is 0 Å². The molecule has 140 valence electrons. The molecule has 1 saturated heterocycles. The van der Waals surface area contributed by atoms with Crippen LogP contribution in [-0.2, 0) is 16.0 Å². The predicted molar refractivity (Wildman–Crippen MR) is 91.1 cm³/mol. The summed E-state index contributed by atoms with van der Waals surface area (Å²) < 4.78 is 34.4. The number of amides is 1. The fourth-order valence-electron chi connectivity index (χ4n) is 3.38. The second-order valence-electron chi connectivity index (χ2n) is 6.43. The van der Waals surface area contributed by atoms with Crippen molar-refractivity contribution in [3.05, 3.63) is 29.3 Å². The quantitative estimate of drug-likeness (QED) is 0.847. The molecular weight excluding hydrogens is 354 g/mol. The van der Waals surface area contributed by atoms with Crippen LogP contribution in [0.3, 0.4) is 0 Å². The van der Waals surface area contributed by atoms with Crippen molar-refractivity contribution < 1.29 is 23.0 Å². The van der Waals surface area contributed by atoms with Gasteiger partial charge in [-0.05, 0) is 55.4 Å². The molecule has 1 aliphatic heterocycles. The van der Waals surface area contributed by atoms with E-state index in [1.54, 1.807) is 12.1 Å². The first-order chi connectivity index (χ1) is 11.5. The molecule has 3 rings (SSSR count). The number of ether oxygens (including phenoxy) is 2. The molecule has 1 unspecified atom stereocenters. The molecule has 3 N–H and O–H groups in total. The maximum Gasteiger partial charge on any atom is 0.387 e. The van der Waals surface area contributed by atoms with Gasteiger partial charge in [0.25, 0.3) is 0 Å². The number of halogens is 3. The molecule has 0 aromatic heterocycles. The minimum Gasteiger partial charge on any atom is -0.435 e. The molecule has 25 heavy (non-hydrogen) atoms. The number of aryl methyl sites for hydroxylation is 1. The standard InChI is InChI=1S/C17H22F2N2O3.ClH/c18-16(19)24-12-4-5-13-11(10-12)2-1-3-14(13)21-15(22)17(20)6-8-23-9-7-17;/h4-5,10,14,16H,1-3,6-9,20H2,(H,21,22);1H. The van der Waals surface area contributed by atoms with Crippen LogP contribution in [0.1, 0.15) is 42.9 Å². The molecular formula is C17H23ClF2N2O3. The zero-order valence-corrected chi connectivity index (χ0v) is 14.6. The number of rotatable bonds is 4. The fourth-order valence-corrected chi connectivity index (χ4v) is 3.38. The maximum atomic E-state index is 12.6. The van der Waals surface area contributed by atoms with Crippen LogP contribution in [0.25, 0.3) is 0 Å². The van der Waals surface area contributed by atoms with Crippen LogP contribution >= 0.6 is 12.4 Å². The SMILES string of the molecule is Cl.NC1(C(=O)NC2CCCc3cc(OC(F)F)ccc32)CCOCC1. The number of benzene rings is 1. The Bertz CT molecular complexity index is 610. The molecule has 1 amide bonds. The smallest absolute Gasteiger partial charge is 0.387 e. The van der Waals surface area contributed by atoms with E-state index >= 15 is 0 Å². The molecule has 1 aromatic rings. The molecule has 1 atom stereocenters. The van der Waals surface area contributed by atoms with Crippen molar-refractivity contribution in [3.63, 3.8) is 0 Å². The summed E-state index contributed by atoms with van der Waals surface area (Å²) in [5.74, 6) is -0.0213. The summed E-state index contributed by atoms with van der Waals surface area (Å²) >= 11 is 0. The summed E-state index contributed by atoms with van der Waals surface area (Å²) in [7, 11) is 0. The topological polar surface area (TPSA) is 73.6 Å². The number of hydrogen-bond acceptors (Lipinski definition) is 4. The Morgan fingerprint density at radius 2 is 2.08 bits per heavy atom. The van der Waals surface area contributed by atoms with Crippen molar-refractivity contribution in [2.45, 2.75) is 50.3 Å². The number of alkyl halides is 2. The first-order valence-corrected chi connectivity index (χ1v) is 8.23. The van der Waals surface area contributed by atoms with E-state index < -0.39 is 12.2 Å². The monoisotopic (exact) mass is 376 g/mol. The minimum atomic E-state index is -2.84. The van der Waals surface area contributed by atoms with Crippen LogP contribution in [0.15, 0.2) is 18.2 Å². The van der Waals surface area contributed by atoms with Crippen molar-refractivity contribution in [1.82, 2.24) is 5.32 Å². The second kappa shape index (κ2) is 8.29. The number of fused-ring (bicyclic) bond motifs is 1. The molecule has 0 spiro atoms. The Morgan fingerprint density at radius 3 is 2.76 bits per heavy atom. The highest BCUT2D eigenvalue weighted by Crippen LogP contribution is 2.33. The molecule has 8 heteroatoms. The lowest BCUT2D eigenvalue weighted by molar-refractivity contribution is -0.130. The summed E-state index contributed by atoms with van der Waals surface area (Å²) in [5.41, 5.74) is 7.21. The maximum absolute atomic E-state index is 12.6. The van der Waals surface area contributed by atoms with Gasteiger partial charge in [-0.25, -0.2) is 0 Å². The average molecular weight is 377 g/mol. The zero-order valence-electron chi connectivity index (χ0n) is 13.8. The van der Waals surface area contributed by atoms with Gasteiger partial charge in [-0.1, -0.05) is 6.07 Å². The molecule has 0 saturated carbocycles. The van der Waals surface area contributed by atoms with E-state index in [2.05, 4.69) is 10.1 Å². The minimum absolute atomic E-state index is 0. The third kappa shape index (κ3) is 4.59. The summed E-state index contributed by atoms with van der Waals surface area (Å²) in [5, 5.41) is 3.04. The molecule has 1 heterocycles. The summed E-state index contributed by atoms with van der Waals surface area (Å²) in [6.07, 6.45) is 3.46. The van der Waals surface area contributed by atoms with E-state index in [9.17, 15) is 13.6 Å². The van der Waals surface area contributed by atoms with Gasteiger partial charge in [-0.15, -0.1) is 12.4 Å². The van der Waals surface area contributed by atoms with E-state index in [4.69, 9.17) is 10.5 Å². The zero-order chi connectivity index (χ0) is 17.2. The van der Waals surface area contributed by atoms with E-state index in [1.165, 1.54) is 6.07 Å². The van der Waals surface area contributed by atoms with Crippen LogP contribution in [0.2, 0.25) is 0 Å². The third-order valence-electron chi connectivity index (χ3n) is 4.80. The van der Waals surface area contributed by atoms with Gasteiger partial charge in [-0.3, -0.25) is 4.79 Å². The van der Waals surface area contributed by atoms with Gasteiger partial charge in [-0.2, -0.15) is 8.78 Å². The summed E-state index contributed by atoms with van der Waals surface area (Å²) in [4.78, 5) is 12.6. The van der Waals surface area contributed by atoms with Crippen molar-refractivity contribution in [3.8, 4) is 5.75 Å². The predicted octanol–water partition coefficient (Wildman–Crippen LogP) is 2.71. The lowest BCUT2D eigenvalue weighted by atomic mass is 9.85. The number of carbonyl (C=O) groups is 1. The highest BCUT2D eigenvalue weighted by Gasteiger charge is 2.37. The Hall–Kier alpha value is -1.44. The van der Waals surface area contributed by atoms with Crippen molar-refractivity contribution in [2.24, 2.45) is 5.73 Å². The first kappa shape index (κ1) is 19.9. The van der Waals surface area contributed by atoms with Crippen LogP contribution in [0.4, 0.5) is 8.78 Å². The average Bonchev–Trinajstić information content (AvgIpc) is 2.55. The third-order valence-corrected chi connectivity index (χ3v) is 4.80. The summed E-state index contributed by atoms with van der Waals surface area (Å²) in [6.45, 7) is -1.87. The van der Waals surface area contributed by atoms with Crippen LogP contribution in [-0.4, -0.2) is 31.3 Å². The Labute approximate surface area is 151 Å². The molecule has 2 aliphatic rings. The number of carbonyl (C=O) groups excluding carboxylic acids is 1. The van der Waals surface area contributed by atoms with Gasteiger partial charge in [0, 0.05) is 13.2 Å². The normalized spacial score (nSPS) is 21.8. The van der Waals surface area contributed by atoms with Crippen molar-refractivity contribution >= 4 is 18.3 Å². The van der Waals surface area contributed by atoms with Gasteiger partial charge < -0.3 is 20.5 Å². The molecule has 5 nitrogen and oxygen atoms in total. The van der Waals surface area contributed by atoms with Gasteiger partial charge >= 0.3 is 6.61 Å².